The molecule has 2 amide bonds. The van der Waals surface area contributed by atoms with Crippen molar-refractivity contribution in [2.24, 2.45) is 5.92 Å². The minimum atomic E-state index is -0.560. The van der Waals surface area contributed by atoms with Crippen molar-refractivity contribution in [3.8, 4) is 0 Å². The van der Waals surface area contributed by atoms with Crippen LogP contribution in [0.5, 0.6) is 0 Å². The lowest BCUT2D eigenvalue weighted by atomic mass is 10.0. The van der Waals surface area contributed by atoms with Crippen molar-refractivity contribution < 1.29 is 14.3 Å². The van der Waals surface area contributed by atoms with Crippen molar-refractivity contribution in [2.75, 3.05) is 6.61 Å². The molecule has 1 unspecified atom stereocenters. The Morgan fingerprint density at radius 3 is 2.84 bits per heavy atom. The summed E-state index contributed by atoms with van der Waals surface area (Å²) in [4.78, 5) is 25.1. The van der Waals surface area contributed by atoms with Gasteiger partial charge in [-0.25, -0.2) is 9.69 Å². The van der Waals surface area contributed by atoms with E-state index in [-0.39, 0.29) is 30.9 Å². The van der Waals surface area contributed by atoms with Crippen molar-refractivity contribution in [2.45, 2.75) is 19.4 Å². The van der Waals surface area contributed by atoms with Crippen LogP contribution in [0.3, 0.4) is 0 Å². The van der Waals surface area contributed by atoms with Gasteiger partial charge in [-0.05, 0) is 11.5 Å². The van der Waals surface area contributed by atoms with Crippen LogP contribution in [0.4, 0.5) is 4.79 Å². The van der Waals surface area contributed by atoms with E-state index >= 15 is 0 Å². The van der Waals surface area contributed by atoms with E-state index in [1.807, 2.05) is 37.3 Å². The smallest absolute Gasteiger partial charge is 0.417 e. The molecule has 4 nitrogen and oxygen atoms in total. The minimum Gasteiger partial charge on any atom is -0.446 e. The summed E-state index contributed by atoms with van der Waals surface area (Å²) in [5.41, 5.74) is 0.910. The highest BCUT2D eigenvalue weighted by atomic mass is 16.6. The predicted molar refractivity (Wildman–Crippen MR) is 71.4 cm³/mol. The summed E-state index contributed by atoms with van der Waals surface area (Å²) in [6.07, 6.45) is 1.41. The number of nitrogens with zero attached hydrogens (tertiary/aromatic N) is 1. The third-order valence-electron chi connectivity index (χ3n) is 3.23. The molecule has 1 aromatic carbocycles. The molecule has 0 radical (unpaired) electrons. The Labute approximate surface area is 112 Å². The average molecular weight is 259 g/mol. The average Bonchev–Trinajstić information content (AvgIpc) is 2.81. The Balaban J connectivity index is 2.18. The Morgan fingerprint density at radius 2 is 2.21 bits per heavy atom. The van der Waals surface area contributed by atoms with Gasteiger partial charge in [-0.1, -0.05) is 43.3 Å². The molecular formula is C15H17NO3. The molecule has 1 aliphatic heterocycles. The lowest BCUT2D eigenvalue weighted by Crippen LogP contribution is -2.34. The van der Waals surface area contributed by atoms with Gasteiger partial charge in [0, 0.05) is 6.42 Å². The third kappa shape index (κ3) is 2.84. The summed E-state index contributed by atoms with van der Waals surface area (Å²) in [5.74, 6) is -0.180. The molecule has 19 heavy (non-hydrogen) atoms. The number of carbonyl (C=O) groups excluding carboxylic acids is 2. The fourth-order valence-corrected chi connectivity index (χ4v) is 2.07. The quantitative estimate of drug-likeness (QED) is 0.781. The molecule has 1 heterocycles. The number of hydrogen-bond acceptors (Lipinski definition) is 3. The number of hydrogen-bond donors (Lipinski definition) is 0. The maximum Gasteiger partial charge on any atom is 0.417 e. The summed E-state index contributed by atoms with van der Waals surface area (Å²) >= 11 is 0. The first-order valence-electron chi connectivity index (χ1n) is 6.29. The summed E-state index contributed by atoms with van der Waals surface area (Å²) in [6.45, 7) is 5.76. The molecule has 0 N–H and O–H groups in total. The van der Waals surface area contributed by atoms with E-state index in [2.05, 4.69) is 6.58 Å². The van der Waals surface area contributed by atoms with E-state index in [1.165, 1.54) is 4.90 Å². The fourth-order valence-electron chi connectivity index (χ4n) is 2.07. The fraction of sp³-hybridized carbons (Fsp3) is 0.333. The van der Waals surface area contributed by atoms with Gasteiger partial charge in [0.15, 0.2) is 0 Å². The van der Waals surface area contributed by atoms with Gasteiger partial charge >= 0.3 is 6.09 Å². The van der Waals surface area contributed by atoms with Crippen LogP contribution >= 0.6 is 0 Å². The van der Waals surface area contributed by atoms with Crippen LogP contribution in [-0.4, -0.2) is 23.5 Å². The number of imide groups is 1. The molecule has 0 spiro atoms. The number of carbonyl (C=O) groups is 2. The first-order valence-corrected chi connectivity index (χ1v) is 6.29. The molecule has 0 bridgehead atoms. The van der Waals surface area contributed by atoms with Gasteiger partial charge in [0.25, 0.3) is 0 Å². The van der Waals surface area contributed by atoms with E-state index in [1.54, 1.807) is 6.08 Å². The highest BCUT2D eigenvalue weighted by Crippen LogP contribution is 2.28. The maximum atomic E-state index is 12.2. The van der Waals surface area contributed by atoms with E-state index in [4.69, 9.17) is 4.74 Å². The molecule has 1 fully saturated rings. The molecule has 0 aliphatic carbocycles. The van der Waals surface area contributed by atoms with E-state index in [9.17, 15) is 9.59 Å². The highest BCUT2D eigenvalue weighted by molar-refractivity contribution is 5.93. The SMILES string of the molecule is C=CC(C)CC(=O)N1C(=O)OC[C@H]1c1ccccc1. The minimum absolute atomic E-state index is 0.0392. The van der Waals surface area contributed by atoms with Gasteiger partial charge in [0.2, 0.25) is 5.91 Å². The summed E-state index contributed by atoms with van der Waals surface area (Å²) < 4.78 is 5.01. The number of allylic oxidation sites excluding steroid dienone is 1. The molecule has 2 atom stereocenters. The molecule has 1 aliphatic rings. The predicted octanol–water partition coefficient (Wildman–Crippen LogP) is 2.92. The Kier molecular flexibility index (Phi) is 4.00. The zero-order valence-electron chi connectivity index (χ0n) is 10.9. The van der Waals surface area contributed by atoms with E-state index in [0.29, 0.717) is 0 Å². The Morgan fingerprint density at radius 1 is 1.53 bits per heavy atom. The number of cyclic esters (lactones) is 1. The van der Waals surface area contributed by atoms with Crippen LogP contribution in [0.1, 0.15) is 24.9 Å². The van der Waals surface area contributed by atoms with Gasteiger partial charge < -0.3 is 4.74 Å². The normalized spacial score (nSPS) is 19.9. The monoisotopic (exact) mass is 259 g/mol. The number of amides is 2. The third-order valence-corrected chi connectivity index (χ3v) is 3.23. The second kappa shape index (κ2) is 5.69. The molecule has 1 saturated heterocycles. The summed E-state index contributed by atoms with van der Waals surface area (Å²) in [7, 11) is 0. The second-order valence-corrected chi connectivity index (χ2v) is 4.68. The Bertz CT molecular complexity index is 483. The topological polar surface area (TPSA) is 46.6 Å². The van der Waals surface area contributed by atoms with E-state index in [0.717, 1.165) is 5.56 Å². The first-order chi connectivity index (χ1) is 9.13. The van der Waals surface area contributed by atoms with Gasteiger partial charge in [0.1, 0.15) is 12.6 Å². The van der Waals surface area contributed by atoms with Crippen molar-refractivity contribution in [1.82, 2.24) is 4.90 Å². The van der Waals surface area contributed by atoms with Crippen LogP contribution in [-0.2, 0) is 9.53 Å². The molecule has 0 aromatic heterocycles. The second-order valence-electron chi connectivity index (χ2n) is 4.68. The van der Waals surface area contributed by atoms with Crippen LogP contribution < -0.4 is 0 Å². The zero-order chi connectivity index (χ0) is 13.8. The number of ether oxygens (including phenoxy) is 1. The van der Waals surface area contributed by atoms with Gasteiger partial charge in [0.05, 0.1) is 0 Å². The van der Waals surface area contributed by atoms with Crippen molar-refractivity contribution >= 4 is 12.0 Å². The lowest BCUT2D eigenvalue weighted by Gasteiger charge is -2.20. The highest BCUT2D eigenvalue weighted by Gasteiger charge is 2.38. The standard InChI is InChI=1S/C15H17NO3/c1-3-11(2)9-14(17)16-13(10-19-15(16)18)12-7-5-4-6-8-12/h3-8,11,13H,1,9-10H2,2H3/t11?,13-/m0/s1. The van der Waals surface area contributed by atoms with Crippen LogP contribution in [0.25, 0.3) is 0 Å². The molecule has 100 valence electrons. The van der Waals surface area contributed by atoms with Crippen LogP contribution in [0.2, 0.25) is 0 Å². The van der Waals surface area contributed by atoms with Crippen molar-refractivity contribution in [1.29, 1.82) is 0 Å². The van der Waals surface area contributed by atoms with Crippen LogP contribution in [0.15, 0.2) is 43.0 Å². The zero-order valence-corrected chi connectivity index (χ0v) is 10.9. The molecule has 0 saturated carbocycles. The van der Waals surface area contributed by atoms with Gasteiger partial charge in [-0.3, -0.25) is 4.79 Å². The molecule has 1 aromatic rings. The summed E-state index contributed by atoms with van der Waals surface area (Å²) in [5, 5.41) is 0. The largest absolute Gasteiger partial charge is 0.446 e. The van der Waals surface area contributed by atoms with Crippen molar-refractivity contribution in [3.05, 3.63) is 48.6 Å². The van der Waals surface area contributed by atoms with E-state index < -0.39 is 6.09 Å². The van der Waals surface area contributed by atoms with Crippen LogP contribution in [0, 0.1) is 5.92 Å². The number of rotatable bonds is 4. The molecular weight excluding hydrogens is 242 g/mol. The van der Waals surface area contributed by atoms with Gasteiger partial charge in [-0.15, -0.1) is 6.58 Å². The molecule has 2 rings (SSSR count). The maximum absolute atomic E-state index is 12.2. The number of benzene rings is 1. The summed E-state index contributed by atoms with van der Waals surface area (Å²) in [6, 6.07) is 9.12. The van der Waals surface area contributed by atoms with Gasteiger partial charge in [-0.2, -0.15) is 0 Å². The van der Waals surface area contributed by atoms with Crippen molar-refractivity contribution in [3.63, 3.8) is 0 Å². The first kappa shape index (κ1) is 13.3. The molecule has 4 heteroatoms. The Hall–Kier alpha value is -2.10. The lowest BCUT2D eigenvalue weighted by molar-refractivity contribution is -0.129.